The molecule has 246 valence electrons. The maximum atomic E-state index is 12.0. The number of nitrogens with zero attached hydrogens (tertiary/aromatic N) is 3. The SMILES string of the molecule is CC(C)(C)c1ccc(-c2ccc([Si](C)(C)C)cn2)cc1-c1cccc2c1nc(-c1cc3oc4cccc5sc(c1O)c3c45)n2-c1ccccc1. The smallest absolute Gasteiger partial charge is 0.149 e. The van der Waals surface area contributed by atoms with Gasteiger partial charge in [0.1, 0.15) is 22.7 Å². The van der Waals surface area contributed by atoms with Gasteiger partial charge in [0.2, 0.25) is 0 Å². The molecule has 0 radical (unpaired) electrons. The van der Waals surface area contributed by atoms with Crippen LogP contribution in [0.5, 0.6) is 5.75 Å². The lowest BCUT2D eigenvalue weighted by Crippen LogP contribution is -2.37. The first-order chi connectivity index (χ1) is 24.0. The second kappa shape index (κ2) is 10.9. The second-order valence-corrected chi connectivity index (χ2v) is 21.4. The molecule has 5 aromatic carbocycles. The van der Waals surface area contributed by atoms with Crippen molar-refractivity contribution in [2.75, 3.05) is 0 Å². The maximum absolute atomic E-state index is 12.0. The standard InChI is InChI=1S/C43H37N3O2SSi/c1-43(2,3)31-20-18-25(32-21-19-27(24-44-32)50(4,5)6)22-29(31)28-14-10-15-33-39(28)45-42(46(33)26-12-8-7-9-13-26)30-23-35-38-37-34(48-35)16-11-17-36(37)49-41(38)40(30)47/h7-24,47H,1-6H3. The normalized spacial score (nSPS) is 12.7. The molecule has 0 saturated carbocycles. The zero-order chi connectivity index (χ0) is 34.5. The Kier molecular flexibility index (Phi) is 6.70. The van der Waals surface area contributed by atoms with Crippen LogP contribution in [0.2, 0.25) is 19.6 Å². The quantitative estimate of drug-likeness (QED) is 0.183. The highest BCUT2D eigenvalue weighted by atomic mass is 32.1. The Labute approximate surface area is 295 Å². The highest BCUT2D eigenvalue weighted by Crippen LogP contribution is 2.50. The molecule has 0 saturated heterocycles. The van der Waals surface area contributed by atoms with Crippen molar-refractivity contribution in [2.24, 2.45) is 0 Å². The summed E-state index contributed by atoms with van der Waals surface area (Å²) in [5.74, 6) is 0.886. The van der Waals surface area contributed by atoms with Crippen molar-refractivity contribution in [1.82, 2.24) is 14.5 Å². The van der Waals surface area contributed by atoms with Gasteiger partial charge >= 0.3 is 0 Å². The van der Waals surface area contributed by atoms with Gasteiger partial charge in [0.25, 0.3) is 0 Å². The number of phenolic OH excluding ortho intramolecular Hbond substituents is 1. The molecule has 9 rings (SSSR count). The number of rotatable bonds is 5. The predicted octanol–water partition coefficient (Wildman–Crippen LogP) is 11.5. The lowest BCUT2D eigenvalue weighted by molar-refractivity contribution is 0.484. The van der Waals surface area contributed by atoms with Crippen molar-refractivity contribution in [3.05, 3.63) is 115 Å². The molecule has 4 aromatic heterocycles. The summed E-state index contributed by atoms with van der Waals surface area (Å²) in [7, 11) is -1.47. The van der Waals surface area contributed by atoms with Crippen LogP contribution in [0.4, 0.5) is 0 Å². The van der Waals surface area contributed by atoms with Crippen LogP contribution in [0, 0.1) is 0 Å². The molecule has 9 aromatic rings. The number of furan rings is 1. The van der Waals surface area contributed by atoms with Crippen LogP contribution >= 0.6 is 11.3 Å². The van der Waals surface area contributed by atoms with Crippen molar-refractivity contribution in [1.29, 1.82) is 0 Å². The Morgan fingerprint density at radius 3 is 2.30 bits per heavy atom. The third kappa shape index (κ3) is 4.71. The van der Waals surface area contributed by atoms with Crippen LogP contribution < -0.4 is 5.19 Å². The van der Waals surface area contributed by atoms with Gasteiger partial charge in [-0.25, -0.2) is 4.98 Å². The number of phenols is 1. The molecule has 7 heteroatoms. The van der Waals surface area contributed by atoms with Gasteiger partial charge in [-0.2, -0.15) is 0 Å². The van der Waals surface area contributed by atoms with Crippen molar-refractivity contribution in [2.45, 2.75) is 45.8 Å². The lowest BCUT2D eigenvalue weighted by atomic mass is 9.80. The molecule has 5 nitrogen and oxygen atoms in total. The number of para-hydroxylation sites is 2. The minimum absolute atomic E-state index is 0.125. The summed E-state index contributed by atoms with van der Waals surface area (Å²) < 4.78 is 10.5. The Hall–Kier alpha value is -5.24. The van der Waals surface area contributed by atoms with E-state index in [1.54, 1.807) is 11.3 Å². The van der Waals surface area contributed by atoms with Gasteiger partial charge in [0.15, 0.2) is 0 Å². The molecule has 0 aliphatic heterocycles. The molecule has 0 aliphatic carbocycles. The van der Waals surface area contributed by atoms with Crippen LogP contribution in [-0.2, 0) is 5.41 Å². The maximum Gasteiger partial charge on any atom is 0.149 e. The minimum Gasteiger partial charge on any atom is -0.506 e. The van der Waals surface area contributed by atoms with E-state index in [1.165, 1.54) is 10.8 Å². The highest BCUT2D eigenvalue weighted by molar-refractivity contribution is 7.26. The first-order valence-electron chi connectivity index (χ1n) is 17.1. The number of aromatic nitrogens is 3. The Balaban J connectivity index is 1.31. The number of hydrogen-bond acceptors (Lipinski definition) is 5. The fraction of sp³-hybridized carbons (Fsp3) is 0.163. The van der Waals surface area contributed by atoms with Crippen LogP contribution in [0.3, 0.4) is 0 Å². The summed E-state index contributed by atoms with van der Waals surface area (Å²) in [5, 5.41) is 15.4. The summed E-state index contributed by atoms with van der Waals surface area (Å²) in [6.45, 7) is 13.8. The minimum atomic E-state index is -1.47. The first-order valence-corrected chi connectivity index (χ1v) is 21.4. The van der Waals surface area contributed by atoms with Gasteiger partial charge < -0.3 is 9.52 Å². The van der Waals surface area contributed by atoms with Gasteiger partial charge in [0, 0.05) is 33.1 Å². The Morgan fingerprint density at radius 1 is 0.760 bits per heavy atom. The summed E-state index contributed by atoms with van der Waals surface area (Å²) in [5.41, 5.74) is 10.3. The summed E-state index contributed by atoms with van der Waals surface area (Å²) in [6.07, 6.45) is 2.06. The van der Waals surface area contributed by atoms with E-state index in [4.69, 9.17) is 14.4 Å². The summed E-state index contributed by atoms with van der Waals surface area (Å²) >= 11 is 1.60. The number of aromatic hydroxyl groups is 1. The molecule has 0 atom stereocenters. The monoisotopic (exact) mass is 687 g/mol. The Morgan fingerprint density at radius 2 is 1.56 bits per heavy atom. The number of hydrogen-bond donors (Lipinski definition) is 1. The first kappa shape index (κ1) is 30.8. The molecule has 0 fully saturated rings. The number of pyridine rings is 1. The number of benzene rings is 5. The molecule has 0 spiro atoms. The average molecular weight is 688 g/mol. The highest BCUT2D eigenvalue weighted by Gasteiger charge is 2.27. The molecule has 0 bridgehead atoms. The second-order valence-electron chi connectivity index (χ2n) is 15.3. The van der Waals surface area contributed by atoms with Crippen molar-refractivity contribution < 1.29 is 9.52 Å². The van der Waals surface area contributed by atoms with Crippen molar-refractivity contribution >= 4 is 67.0 Å². The Bertz CT molecular complexity index is 2720. The fourth-order valence-electron chi connectivity index (χ4n) is 7.29. The zero-order valence-electron chi connectivity index (χ0n) is 29.0. The van der Waals surface area contributed by atoms with E-state index in [2.05, 4.69) is 118 Å². The van der Waals surface area contributed by atoms with Gasteiger partial charge in [-0.05, 0) is 70.3 Å². The van der Waals surface area contributed by atoms with Gasteiger partial charge in [-0.1, -0.05) is 95.0 Å². The van der Waals surface area contributed by atoms with Crippen LogP contribution in [0.25, 0.3) is 81.8 Å². The van der Waals surface area contributed by atoms with Crippen LogP contribution in [0.1, 0.15) is 26.3 Å². The third-order valence-electron chi connectivity index (χ3n) is 9.87. The van der Waals surface area contributed by atoms with E-state index in [0.717, 1.165) is 70.4 Å². The number of imidazole rings is 1. The molecule has 1 N–H and O–H groups in total. The molecule has 4 heterocycles. The predicted molar refractivity (Wildman–Crippen MR) is 212 cm³/mol. The van der Waals surface area contributed by atoms with Gasteiger partial charge in [-0.15, -0.1) is 11.3 Å². The largest absolute Gasteiger partial charge is 0.506 e. The number of fused-ring (bicyclic) bond motifs is 1. The van der Waals surface area contributed by atoms with E-state index in [-0.39, 0.29) is 11.2 Å². The number of thiophene rings is 1. The van der Waals surface area contributed by atoms with Gasteiger partial charge in [-0.3, -0.25) is 9.55 Å². The summed E-state index contributed by atoms with van der Waals surface area (Å²) in [4.78, 5) is 10.4. The van der Waals surface area contributed by atoms with E-state index in [1.807, 2.05) is 36.4 Å². The zero-order valence-corrected chi connectivity index (χ0v) is 30.8. The summed E-state index contributed by atoms with van der Waals surface area (Å²) in [6, 6.07) is 35.8. The molecule has 0 unspecified atom stereocenters. The molecule has 0 aliphatic rings. The lowest BCUT2D eigenvalue weighted by Gasteiger charge is -2.24. The third-order valence-corrected chi connectivity index (χ3v) is 13.1. The van der Waals surface area contributed by atoms with E-state index >= 15 is 0 Å². The van der Waals surface area contributed by atoms with E-state index < -0.39 is 8.07 Å². The molecular weight excluding hydrogens is 651 g/mol. The molecule has 50 heavy (non-hydrogen) atoms. The van der Waals surface area contributed by atoms with Crippen LogP contribution in [-0.4, -0.2) is 27.7 Å². The van der Waals surface area contributed by atoms with Gasteiger partial charge in [0.05, 0.1) is 40.5 Å². The van der Waals surface area contributed by atoms with E-state index in [0.29, 0.717) is 11.4 Å². The molecule has 0 amide bonds. The van der Waals surface area contributed by atoms with Crippen molar-refractivity contribution in [3.8, 4) is 45.2 Å². The fourth-order valence-corrected chi connectivity index (χ4v) is 9.51. The van der Waals surface area contributed by atoms with Crippen LogP contribution in [0.15, 0.2) is 114 Å². The molecular formula is C43H37N3O2SSi. The van der Waals surface area contributed by atoms with E-state index in [9.17, 15) is 5.11 Å². The topological polar surface area (TPSA) is 64.1 Å². The average Bonchev–Trinajstić information content (AvgIpc) is 3.81. The van der Waals surface area contributed by atoms with Crippen molar-refractivity contribution in [3.63, 3.8) is 0 Å².